The van der Waals surface area contributed by atoms with E-state index in [1.807, 2.05) is 24.3 Å². The lowest BCUT2D eigenvalue weighted by atomic mass is 10.0. The van der Waals surface area contributed by atoms with Crippen LogP contribution in [0.3, 0.4) is 0 Å². The first-order valence-corrected chi connectivity index (χ1v) is 14.2. The van der Waals surface area contributed by atoms with E-state index in [0.717, 1.165) is 16.5 Å². The number of rotatable bonds is 17. The number of carbonyl (C=O) groups is 5. The average molecular weight is 623 g/mol. The normalized spacial score (nSPS) is 13.5. The zero-order chi connectivity index (χ0) is 32.9. The standard InChI is InChI=1S/C30H38N8O7/c31-20(14-18-16-35-21-10-5-4-9-19(18)21)26(41)36-22(11-6-12-34-30(32)33)27(42)37-23(13-17-7-2-1-3-8-17)28(43)38-24(29(44)45)15-25(39)40/h1-5,7-10,16,20,22-24,35H,6,11-15,31H2,(H,36,41)(H,37,42)(H,38,43)(H,39,40)(H,44,45)(H4,32,33,34). The zero-order valence-electron chi connectivity index (χ0n) is 24.4. The lowest BCUT2D eigenvalue weighted by molar-refractivity contribution is -0.147. The van der Waals surface area contributed by atoms with Crippen LogP contribution < -0.4 is 33.2 Å². The van der Waals surface area contributed by atoms with Gasteiger partial charge in [0.15, 0.2) is 5.96 Å². The number of amides is 3. The minimum Gasteiger partial charge on any atom is -0.481 e. The summed E-state index contributed by atoms with van der Waals surface area (Å²) in [5, 5.41) is 26.8. The lowest BCUT2D eigenvalue weighted by Crippen LogP contribution is -2.58. The molecule has 0 aliphatic rings. The van der Waals surface area contributed by atoms with Gasteiger partial charge in [-0.25, -0.2) is 4.79 Å². The van der Waals surface area contributed by atoms with Crippen LogP contribution in [0.4, 0.5) is 0 Å². The second kappa shape index (κ2) is 16.4. The highest BCUT2D eigenvalue weighted by Gasteiger charge is 2.31. The third-order valence-corrected chi connectivity index (χ3v) is 6.94. The van der Waals surface area contributed by atoms with Crippen LogP contribution in [-0.4, -0.2) is 81.5 Å². The Morgan fingerprint density at radius 3 is 2.09 bits per heavy atom. The number of H-pyrrole nitrogens is 1. The van der Waals surface area contributed by atoms with E-state index in [-0.39, 0.29) is 38.2 Å². The molecule has 45 heavy (non-hydrogen) atoms. The van der Waals surface area contributed by atoms with Gasteiger partial charge in [0.25, 0.3) is 0 Å². The molecule has 1 heterocycles. The van der Waals surface area contributed by atoms with Gasteiger partial charge < -0.3 is 48.3 Å². The maximum Gasteiger partial charge on any atom is 0.326 e. The smallest absolute Gasteiger partial charge is 0.326 e. The fraction of sp³-hybridized carbons (Fsp3) is 0.333. The van der Waals surface area contributed by atoms with Gasteiger partial charge in [0, 0.05) is 30.1 Å². The van der Waals surface area contributed by atoms with Crippen molar-refractivity contribution in [3.8, 4) is 0 Å². The van der Waals surface area contributed by atoms with Gasteiger partial charge in [-0.3, -0.25) is 24.2 Å². The fourth-order valence-corrected chi connectivity index (χ4v) is 4.66. The molecule has 3 aromatic rings. The zero-order valence-corrected chi connectivity index (χ0v) is 24.4. The van der Waals surface area contributed by atoms with Crippen LogP contribution in [0.15, 0.2) is 65.8 Å². The van der Waals surface area contributed by atoms with Crippen molar-refractivity contribution in [2.24, 2.45) is 22.2 Å². The molecule has 240 valence electrons. The van der Waals surface area contributed by atoms with Gasteiger partial charge in [-0.1, -0.05) is 48.5 Å². The summed E-state index contributed by atoms with van der Waals surface area (Å²) in [6.45, 7) is 0.160. The number of fused-ring (bicyclic) bond motifs is 1. The van der Waals surface area contributed by atoms with Crippen molar-refractivity contribution in [2.45, 2.75) is 56.3 Å². The van der Waals surface area contributed by atoms with Crippen molar-refractivity contribution in [3.05, 3.63) is 71.9 Å². The number of carbonyl (C=O) groups excluding carboxylic acids is 3. The summed E-state index contributed by atoms with van der Waals surface area (Å²) < 4.78 is 0. The van der Waals surface area contributed by atoms with Gasteiger partial charge in [0.2, 0.25) is 17.7 Å². The Kier molecular flexibility index (Phi) is 12.4. The Hall–Kier alpha value is -5.44. The first-order valence-electron chi connectivity index (χ1n) is 14.2. The second-order valence-corrected chi connectivity index (χ2v) is 10.4. The van der Waals surface area contributed by atoms with Crippen LogP contribution in [0.25, 0.3) is 10.9 Å². The summed E-state index contributed by atoms with van der Waals surface area (Å²) >= 11 is 0. The summed E-state index contributed by atoms with van der Waals surface area (Å²) in [4.78, 5) is 69.8. The van der Waals surface area contributed by atoms with E-state index in [1.54, 1.807) is 36.5 Å². The van der Waals surface area contributed by atoms with Gasteiger partial charge in [0.1, 0.15) is 18.1 Å². The van der Waals surface area contributed by atoms with E-state index < -0.39 is 60.2 Å². The Morgan fingerprint density at radius 2 is 1.42 bits per heavy atom. The van der Waals surface area contributed by atoms with Crippen molar-refractivity contribution in [1.82, 2.24) is 20.9 Å². The molecular formula is C30H38N8O7. The Bertz CT molecular complexity index is 1520. The Morgan fingerprint density at radius 1 is 0.800 bits per heavy atom. The van der Waals surface area contributed by atoms with E-state index in [0.29, 0.717) is 5.56 Å². The molecular weight excluding hydrogens is 584 g/mol. The molecule has 15 heteroatoms. The largest absolute Gasteiger partial charge is 0.481 e. The van der Waals surface area contributed by atoms with E-state index in [4.69, 9.17) is 22.3 Å². The number of aromatic amines is 1. The highest BCUT2D eigenvalue weighted by Crippen LogP contribution is 2.19. The van der Waals surface area contributed by atoms with Crippen LogP contribution >= 0.6 is 0 Å². The second-order valence-electron chi connectivity index (χ2n) is 10.4. The highest BCUT2D eigenvalue weighted by molar-refractivity contribution is 5.95. The highest BCUT2D eigenvalue weighted by atomic mass is 16.4. The molecule has 0 spiro atoms. The maximum atomic E-state index is 13.6. The third-order valence-electron chi connectivity index (χ3n) is 6.94. The number of carboxylic acids is 2. The third kappa shape index (κ3) is 10.7. The van der Waals surface area contributed by atoms with Crippen molar-refractivity contribution in [1.29, 1.82) is 0 Å². The Balaban J connectivity index is 1.79. The molecule has 0 bridgehead atoms. The maximum absolute atomic E-state index is 13.6. The summed E-state index contributed by atoms with van der Waals surface area (Å²) in [5.41, 5.74) is 19.4. The number of aromatic nitrogens is 1. The number of guanidine groups is 1. The predicted molar refractivity (Wildman–Crippen MR) is 166 cm³/mol. The molecule has 0 saturated carbocycles. The number of aliphatic carboxylic acids is 2. The number of aliphatic imine (C=N–C) groups is 1. The number of carboxylic acid groups (broad SMARTS) is 2. The van der Waals surface area contributed by atoms with Crippen LogP contribution in [0.1, 0.15) is 30.4 Å². The summed E-state index contributed by atoms with van der Waals surface area (Å²) in [6.07, 6.45) is 1.38. The number of para-hydroxylation sites is 1. The number of benzene rings is 2. The lowest BCUT2D eigenvalue weighted by Gasteiger charge is -2.25. The number of nitrogens with two attached hydrogens (primary N) is 3. The number of nitrogens with zero attached hydrogens (tertiary/aromatic N) is 1. The van der Waals surface area contributed by atoms with Crippen LogP contribution in [-0.2, 0) is 36.8 Å². The van der Waals surface area contributed by atoms with Gasteiger partial charge >= 0.3 is 11.9 Å². The minimum atomic E-state index is -1.73. The predicted octanol–water partition coefficient (Wildman–Crippen LogP) is -0.652. The van der Waals surface area contributed by atoms with Crippen molar-refractivity contribution in [2.75, 3.05) is 6.54 Å². The van der Waals surface area contributed by atoms with E-state index in [9.17, 15) is 29.1 Å². The fourth-order valence-electron chi connectivity index (χ4n) is 4.66. The molecule has 0 fully saturated rings. The first-order chi connectivity index (χ1) is 21.4. The van der Waals surface area contributed by atoms with Gasteiger partial charge in [-0.2, -0.15) is 0 Å². The van der Waals surface area contributed by atoms with E-state index in [2.05, 4.69) is 25.9 Å². The summed E-state index contributed by atoms with van der Waals surface area (Å²) in [5.74, 6) is -5.40. The van der Waals surface area contributed by atoms with Crippen molar-refractivity contribution < 1.29 is 34.2 Å². The molecule has 12 N–H and O–H groups in total. The first kappa shape index (κ1) is 34.1. The number of hydrogen-bond donors (Lipinski definition) is 9. The summed E-state index contributed by atoms with van der Waals surface area (Å²) in [6, 6.07) is 10.9. The molecule has 0 radical (unpaired) electrons. The average Bonchev–Trinajstić information content (AvgIpc) is 3.40. The Labute approximate surface area is 258 Å². The van der Waals surface area contributed by atoms with Crippen LogP contribution in [0, 0.1) is 0 Å². The molecule has 2 aromatic carbocycles. The molecule has 0 aliphatic heterocycles. The van der Waals surface area contributed by atoms with Crippen molar-refractivity contribution in [3.63, 3.8) is 0 Å². The van der Waals surface area contributed by atoms with Crippen LogP contribution in [0.5, 0.6) is 0 Å². The van der Waals surface area contributed by atoms with Gasteiger partial charge in [0.05, 0.1) is 12.5 Å². The molecule has 1 aromatic heterocycles. The topological polar surface area (TPSA) is 268 Å². The monoisotopic (exact) mass is 622 g/mol. The van der Waals surface area contributed by atoms with Crippen LogP contribution in [0.2, 0.25) is 0 Å². The SMILES string of the molecule is NC(N)=NCCCC(NC(=O)C(N)Cc1c[nH]c2ccccc12)C(=O)NC(Cc1ccccc1)C(=O)NC(CC(=O)O)C(=O)O. The molecule has 3 rings (SSSR count). The van der Waals surface area contributed by atoms with Crippen molar-refractivity contribution >= 4 is 46.5 Å². The summed E-state index contributed by atoms with van der Waals surface area (Å²) in [7, 11) is 0. The molecule has 4 atom stereocenters. The molecule has 0 aliphatic carbocycles. The number of hydrogen-bond acceptors (Lipinski definition) is 7. The molecule has 0 saturated heterocycles. The molecule has 3 amide bonds. The van der Waals surface area contributed by atoms with E-state index >= 15 is 0 Å². The minimum absolute atomic E-state index is 0.0490. The quantitative estimate of drug-likeness (QED) is 0.0521. The van der Waals surface area contributed by atoms with E-state index in [1.165, 1.54) is 0 Å². The number of nitrogens with one attached hydrogen (secondary N) is 4. The molecule has 15 nitrogen and oxygen atoms in total. The van der Waals surface area contributed by atoms with Gasteiger partial charge in [-0.05, 0) is 36.5 Å². The van der Waals surface area contributed by atoms with Gasteiger partial charge in [-0.15, -0.1) is 0 Å². The molecule has 4 unspecified atom stereocenters.